The first-order valence-corrected chi connectivity index (χ1v) is 10.5. The molecule has 0 spiro atoms. The van der Waals surface area contributed by atoms with E-state index < -0.39 is 0 Å². The van der Waals surface area contributed by atoms with Crippen LogP contribution in [0.15, 0.2) is 103 Å². The van der Waals surface area contributed by atoms with Gasteiger partial charge < -0.3 is 0 Å². The molecule has 0 unspecified atom stereocenters. The number of hydrogen-bond acceptors (Lipinski definition) is 1. The Kier molecular flexibility index (Phi) is 3.30. The fourth-order valence-corrected chi connectivity index (χ4v) is 5.02. The molecule has 0 saturated carbocycles. The zero-order valence-corrected chi connectivity index (χ0v) is 16.8. The van der Waals surface area contributed by atoms with Crippen LogP contribution in [0.1, 0.15) is 5.56 Å². The molecular weight excluding hydrogens is 380 g/mol. The van der Waals surface area contributed by atoms with E-state index in [-0.39, 0.29) is 0 Å². The van der Waals surface area contributed by atoms with Crippen molar-refractivity contribution in [2.24, 2.45) is 0 Å². The number of hydrogen-bond donors (Lipinski definition) is 0. The average molecular weight is 399 g/mol. The Hall–Kier alpha value is -4.18. The summed E-state index contributed by atoms with van der Waals surface area (Å²) in [6, 6.07) is 32.1. The van der Waals surface area contributed by atoms with E-state index in [2.05, 4.69) is 110 Å². The molecule has 1 aliphatic rings. The van der Waals surface area contributed by atoms with Crippen LogP contribution < -0.4 is 4.57 Å². The summed E-state index contributed by atoms with van der Waals surface area (Å²) in [4.78, 5) is 4.45. The third kappa shape index (κ3) is 2.19. The van der Waals surface area contributed by atoms with Crippen molar-refractivity contribution >= 4 is 22.1 Å². The number of nitrogens with zero attached hydrogens (tertiary/aromatic N) is 4. The largest absolute Gasteiger partial charge is 0.298 e. The molecule has 4 heteroatoms. The van der Waals surface area contributed by atoms with E-state index in [0.717, 1.165) is 17.9 Å². The Bertz CT molecular complexity index is 1590. The molecule has 31 heavy (non-hydrogen) atoms. The average Bonchev–Trinajstić information content (AvgIpc) is 3.46. The third-order valence-corrected chi connectivity index (χ3v) is 6.28. The summed E-state index contributed by atoms with van der Waals surface area (Å²) < 4.78 is 7.24. The lowest BCUT2D eigenvalue weighted by molar-refractivity contribution is -0.645. The van der Waals surface area contributed by atoms with Crippen LogP contribution in [-0.4, -0.2) is 14.1 Å². The van der Waals surface area contributed by atoms with Crippen LogP contribution >= 0.6 is 0 Å². The molecule has 0 radical (unpaired) electrons. The van der Waals surface area contributed by atoms with Gasteiger partial charge in [-0.2, -0.15) is 4.57 Å². The van der Waals surface area contributed by atoms with Crippen molar-refractivity contribution in [3.63, 3.8) is 0 Å². The summed E-state index contributed by atoms with van der Waals surface area (Å²) in [5.74, 6) is 1.19. The number of fused-ring (bicyclic) bond motifs is 7. The van der Waals surface area contributed by atoms with E-state index in [4.69, 9.17) is 0 Å². The van der Waals surface area contributed by atoms with Crippen molar-refractivity contribution in [1.82, 2.24) is 14.1 Å². The van der Waals surface area contributed by atoms with E-state index in [1.165, 1.54) is 39.0 Å². The van der Waals surface area contributed by atoms with Crippen LogP contribution in [0.4, 0.5) is 0 Å². The summed E-state index contributed by atoms with van der Waals surface area (Å²) >= 11 is 0. The van der Waals surface area contributed by atoms with Gasteiger partial charge in [0.1, 0.15) is 12.2 Å². The highest BCUT2D eigenvalue weighted by Gasteiger charge is 2.38. The minimum absolute atomic E-state index is 0.853. The first kappa shape index (κ1) is 16.6. The maximum absolute atomic E-state index is 4.45. The highest BCUT2D eigenvalue weighted by molar-refractivity contribution is 6.05. The van der Waals surface area contributed by atoms with Gasteiger partial charge in [-0.1, -0.05) is 48.5 Å². The summed E-state index contributed by atoms with van der Waals surface area (Å²) in [6.45, 7) is 0.853. The van der Waals surface area contributed by atoms with E-state index in [1.807, 2.05) is 12.4 Å². The molecule has 1 aliphatic heterocycles. The molecule has 0 bridgehead atoms. The molecule has 0 atom stereocenters. The van der Waals surface area contributed by atoms with Crippen LogP contribution in [0.25, 0.3) is 44.8 Å². The van der Waals surface area contributed by atoms with Gasteiger partial charge in [0.2, 0.25) is 5.52 Å². The summed E-state index contributed by atoms with van der Waals surface area (Å²) in [5.41, 5.74) is 8.48. The van der Waals surface area contributed by atoms with Crippen LogP contribution in [0.2, 0.25) is 0 Å². The van der Waals surface area contributed by atoms with Gasteiger partial charge in [-0.05, 0) is 42.5 Å². The second kappa shape index (κ2) is 6.16. The molecule has 6 aromatic rings. The topological polar surface area (TPSA) is 26.6 Å². The summed E-state index contributed by atoms with van der Waals surface area (Å²) in [7, 11) is 0. The molecule has 0 N–H and O–H groups in total. The lowest BCUT2D eigenvalue weighted by atomic mass is 10.1. The fourth-order valence-electron chi connectivity index (χ4n) is 5.02. The van der Waals surface area contributed by atoms with Gasteiger partial charge in [-0.25, -0.2) is 4.57 Å². The zero-order chi connectivity index (χ0) is 20.4. The zero-order valence-electron chi connectivity index (χ0n) is 16.8. The number of para-hydroxylation sites is 3. The Balaban J connectivity index is 1.74. The molecular formula is C27H19N4+. The molecule has 0 fully saturated rings. The quantitative estimate of drug-likeness (QED) is 0.363. The smallest absolute Gasteiger partial charge is 0.273 e. The van der Waals surface area contributed by atoms with E-state index in [1.54, 1.807) is 0 Å². The molecule has 7 rings (SSSR count). The Labute approximate surface area is 179 Å². The highest BCUT2D eigenvalue weighted by Crippen LogP contribution is 2.38. The standard InChI is InChI=1S/C27H19N4/c1-3-9-20(10-4-1)30-24-14-8-7-13-22(24)25-27(30)31(21-11-5-2-6-12-21)26-23-17-28-16-15-19(23)18-29(25)26/h1-17H,18H2/q+1. The minimum Gasteiger partial charge on any atom is -0.273 e. The predicted octanol–water partition coefficient (Wildman–Crippen LogP) is 5.29. The number of aromatic nitrogens is 4. The monoisotopic (exact) mass is 399 g/mol. The number of pyridine rings is 1. The van der Waals surface area contributed by atoms with Crippen molar-refractivity contribution in [3.05, 3.63) is 109 Å². The van der Waals surface area contributed by atoms with Gasteiger partial charge in [0.15, 0.2) is 0 Å². The van der Waals surface area contributed by atoms with Gasteiger partial charge >= 0.3 is 0 Å². The molecule has 0 aliphatic carbocycles. The minimum atomic E-state index is 0.853. The predicted molar refractivity (Wildman–Crippen MR) is 123 cm³/mol. The van der Waals surface area contributed by atoms with E-state index >= 15 is 0 Å². The van der Waals surface area contributed by atoms with Gasteiger partial charge in [-0.15, -0.1) is 0 Å². The molecule has 3 aromatic heterocycles. The van der Waals surface area contributed by atoms with Gasteiger partial charge in [0, 0.05) is 23.6 Å². The number of imidazole rings is 1. The van der Waals surface area contributed by atoms with Crippen LogP contribution in [0.3, 0.4) is 0 Å². The normalized spacial score (nSPS) is 12.4. The SMILES string of the molecule is c1ccc(-n2c3[n+](c4c5ccccc5n(-c5ccccc5)c42)Cc2ccncc2-3)cc1. The fraction of sp³-hybridized carbons (Fsp3) is 0.0370. The number of benzene rings is 3. The van der Waals surface area contributed by atoms with Crippen molar-refractivity contribution in [2.75, 3.05) is 0 Å². The lowest BCUT2D eigenvalue weighted by Gasteiger charge is -2.08. The Morgan fingerprint density at radius 3 is 2.16 bits per heavy atom. The van der Waals surface area contributed by atoms with Gasteiger partial charge in [0.05, 0.1) is 16.5 Å². The highest BCUT2D eigenvalue weighted by atomic mass is 15.3. The first-order valence-electron chi connectivity index (χ1n) is 10.5. The van der Waals surface area contributed by atoms with Crippen LogP contribution in [0.5, 0.6) is 0 Å². The molecule has 4 heterocycles. The lowest BCUT2D eigenvalue weighted by Crippen LogP contribution is -2.31. The van der Waals surface area contributed by atoms with Crippen LogP contribution in [0, 0.1) is 0 Å². The first-order chi connectivity index (χ1) is 15.4. The Morgan fingerprint density at radius 2 is 1.39 bits per heavy atom. The molecule has 0 saturated heterocycles. The maximum atomic E-state index is 4.45. The third-order valence-electron chi connectivity index (χ3n) is 6.28. The van der Waals surface area contributed by atoms with E-state index in [0.29, 0.717) is 0 Å². The van der Waals surface area contributed by atoms with Gasteiger partial charge in [-0.3, -0.25) is 9.55 Å². The maximum Gasteiger partial charge on any atom is 0.298 e. The molecule has 0 amide bonds. The van der Waals surface area contributed by atoms with Crippen LogP contribution in [-0.2, 0) is 6.54 Å². The summed E-state index contributed by atoms with van der Waals surface area (Å²) in [6.07, 6.45) is 3.89. The van der Waals surface area contributed by atoms with Gasteiger partial charge in [0.25, 0.3) is 11.5 Å². The number of rotatable bonds is 2. The molecule has 3 aromatic carbocycles. The second-order valence-electron chi connectivity index (χ2n) is 7.97. The van der Waals surface area contributed by atoms with Crippen molar-refractivity contribution in [2.45, 2.75) is 6.54 Å². The molecule has 4 nitrogen and oxygen atoms in total. The van der Waals surface area contributed by atoms with Crippen molar-refractivity contribution < 1.29 is 4.57 Å². The van der Waals surface area contributed by atoms with Crippen molar-refractivity contribution in [3.8, 4) is 22.8 Å². The Morgan fingerprint density at radius 1 is 0.710 bits per heavy atom. The van der Waals surface area contributed by atoms with E-state index in [9.17, 15) is 0 Å². The summed E-state index contributed by atoms with van der Waals surface area (Å²) in [5, 5.41) is 1.26. The second-order valence-corrected chi connectivity index (χ2v) is 7.97. The van der Waals surface area contributed by atoms with Crippen molar-refractivity contribution in [1.29, 1.82) is 0 Å². The molecule has 146 valence electrons.